The predicted octanol–water partition coefficient (Wildman–Crippen LogP) is 3.07. The molecule has 1 saturated heterocycles. The molecular formula is C22H25N3O4S. The van der Waals surface area contributed by atoms with Gasteiger partial charge in [-0.1, -0.05) is 36.0 Å². The summed E-state index contributed by atoms with van der Waals surface area (Å²) in [6, 6.07) is 15.5. The molecule has 1 aliphatic heterocycles. The quantitative estimate of drug-likeness (QED) is 0.407. The summed E-state index contributed by atoms with van der Waals surface area (Å²) in [5.74, 6) is 2.23. The van der Waals surface area contributed by atoms with Gasteiger partial charge in [0, 0.05) is 18.8 Å². The molecule has 1 fully saturated rings. The molecule has 0 atom stereocenters. The molecule has 1 aromatic heterocycles. The first-order valence-corrected chi connectivity index (χ1v) is 10.9. The number of methoxy groups -OCH3 is 1. The fraction of sp³-hybridized carbons (Fsp3) is 0.364. The number of benzene rings is 2. The summed E-state index contributed by atoms with van der Waals surface area (Å²) in [4.78, 5) is 19.4. The first-order valence-electron chi connectivity index (χ1n) is 9.95. The summed E-state index contributed by atoms with van der Waals surface area (Å²) in [5, 5.41) is 0.821. The second-order valence-electron chi connectivity index (χ2n) is 6.81. The smallest absolute Gasteiger partial charge is 0.242 e. The third kappa shape index (κ3) is 4.71. The highest BCUT2D eigenvalue weighted by Gasteiger charge is 2.20. The highest BCUT2D eigenvalue weighted by Crippen LogP contribution is 2.27. The lowest BCUT2D eigenvalue weighted by atomic mass is 10.3. The van der Waals surface area contributed by atoms with Crippen LogP contribution in [0.25, 0.3) is 11.0 Å². The van der Waals surface area contributed by atoms with Gasteiger partial charge in [0.05, 0.1) is 38.0 Å². The third-order valence-electron chi connectivity index (χ3n) is 4.92. The molecule has 8 heteroatoms. The number of amides is 1. The van der Waals surface area contributed by atoms with Crippen molar-refractivity contribution >= 4 is 28.7 Å². The van der Waals surface area contributed by atoms with E-state index in [1.807, 2.05) is 58.0 Å². The van der Waals surface area contributed by atoms with Gasteiger partial charge >= 0.3 is 0 Å². The molecule has 1 aliphatic rings. The van der Waals surface area contributed by atoms with E-state index in [-0.39, 0.29) is 12.5 Å². The van der Waals surface area contributed by atoms with Crippen molar-refractivity contribution in [1.82, 2.24) is 14.5 Å². The van der Waals surface area contributed by atoms with Crippen LogP contribution in [0.2, 0.25) is 0 Å². The van der Waals surface area contributed by atoms with Gasteiger partial charge in [0.2, 0.25) is 5.91 Å². The van der Waals surface area contributed by atoms with Gasteiger partial charge in [0.25, 0.3) is 0 Å². The van der Waals surface area contributed by atoms with E-state index in [1.54, 1.807) is 18.9 Å². The van der Waals surface area contributed by atoms with Gasteiger partial charge in [-0.2, -0.15) is 0 Å². The summed E-state index contributed by atoms with van der Waals surface area (Å²) in [6.45, 7) is 3.25. The molecule has 0 bridgehead atoms. The maximum atomic E-state index is 12.8. The van der Waals surface area contributed by atoms with E-state index in [0.29, 0.717) is 44.4 Å². The Morgan fingerprint density at radius 2 is 1.83 bits per heavy atom. The number of hydrogen-bond donors (Lipinski definition) is 0. The van der Waals surface area contributed by atoms with E-state index in [2.05, 4.69) is 0 Å². The normalized spacial score (nSPS) is 14.1. The Hall–Kier alpha value is -2.71. The zero-order valence-electron chi connectivity index (χ0n) is 17.0. The van der Waals surface area contributed by atoms with Crippen molar-refractivity contribution in [1.29, 1.82) is 0 Å². The van der Waals surface area contributed by atoms with Crippen molar-refractivity contribution in [2.75, 3.05) is 45.8 Å². The molecule has 30 heavy (non-hydrogen) atoms. The average Bonchev–Trinajstić information content (AvgIpc) is 3.14. The number of nitrogens with zero attached hydrogens (tertiary/aromatic N) is 3. The standard InChI is InChI=1S/C22H25N3O4S/c1-27-19-8-4-5-9-20(19)29-14-15-30-22-23-17-6-2-3-7-18(17)25(22)16-21(26)24-10-12-28-13-11-24/h2-9H,10-16H2,1H3. The molecule has 158 valence electrons. The number of para-hydroxylation sites is 4. The fourth-order valence-electron chi connectivity index (χ4n) is 3.39. The molecule has 4 rings (SSSR count). The van der Waals surface area contributed by atoms with Crippen LogP contribution in [0.5, 0.6) is 11.5 Å². The lowest BCUT2D eigenvalue weighted by Gasteiger charge is -2.27. The van der Waals surface area contributed by atoms with Crippen molar-refractivity contribution in [3.05, 3.63) is 48.5 Å². The Balaban J connectivity index is 1.44. The number of imidazole rings is 1. The maximum Gasteiger partial charge on any atom is 0.242 e. The predicted molar refractivity (Wildman–Crippen MR) is 116 cm³/mol. The van der Waals surface area contributed by atoms with Crippen LogP contribution in [0.3, 0.4) is 0 Å². The topological polar surface area (TPSA) is 65.8 Å². The Morgan fingerprint density at radius 1 is 1.10 bits per heavy atom. The Morgan fingerprint density at radius 3 is 2.63 bits per heavy atom. The van der Waals surface area contributed by atoms with Crippen molar-refractivity contribution in [3.63, 3.8) is 0 Å². The SMILES string of the molecule is COc1ccccc1OCCSc1nc2ccccc2n1CC(=O)N1CCOCC1. The largest absolute Gasteiger partial charge is 0.493 e. The number of thioether (sulfide) groups is 1. The molecular weight excluding hydrogens is 402 g/mol. The van der Waals surface area contributed by atoms with Crippen LogP contribution in [0, 0.1) is 0 Å². The monoisotopic (exact) mass is 427 g/mol. The molecule has 3 aromatic rings. The summed E-state index contributed by atoms with van der Waals surface area (Å²) in [5.41, 5.74) is 1.85. The minimum Gasteiger partial charge on any atom is -0.493 e. The summed E-state index contributed by atoms with van der Waals surface area (Å²) < 4.78 is 18.5. The van der Waals surface area contributed by atoms with Crippen LogP contribution in [0.15, 0.2) is 53.7 Å². The molecule has 7 nitrogen and oxygen atoms in total. The van der Waals surface area contributed by atoms with Crippen LogP contribution in [0.1, 0.15) is 0 Å². The fourth-order valence-corrected chi connectivity index (χ4v) is 4.22. The number of carbonyl (C=O) groups is 1. The Bertz CT molecular complexity index is 1000. The van der Waals surface area contributed by atoms with Crippen molar-refractivity contribution in [2.24, 2.45) is 0 Å². The number of aromatic nitrogens is 2. The summed E-state index contributed by atoms with van der Waals surface area (Å²) in [6.07, 6.45) is 0. The van der Waals surface area contributed by atoms with E-state index in [0.717, 1.165) is 21.9 Å². The summed E-state index contributed by atoms with van der Waals surface area (Å²) in [7, 11) is 1.63. The molecule has 0 spiro atoms. The molecule has 2 heterocycles. The minimum atomic E-state index is 0.0913. The van der Waals surface area contributed by atoms with Gasteiger partial charge in [-0.3, -0.25) is 4.79 Å². The minimum absolute atomic E-state index is 0.0913. The first-order chi connectivity index (χ1) is 14.8. The third-order valence-corrected chi connectivity index (χ3v) is 5.86. The van der Waals surface area contributed by atoms with Crippen LogP contribution < -0.4 is 9.47 Å². The molecule has 0 unspecified atom stereocenters. The number of rotatable bonds is 8. The van der Waals surface area contributed by atoms with Crippen molar-refractivity contribution in [2.45, 2.75) is 11.7 Å². The molecule has 0 N–H and O–H groups in total. The average molecular weight is 428 g/mol. The van der Waals surface area contributed by atoms with E-state index in [1.165, 1.54) is 0 Å². The molecule has 0 aliphatic carbocycles. The zero-order valence-corrected chi connectivity index (χ0v) is 17.8. The van der Waals surface area contributed by atoms with E-state index < -0.39 is 0 Å². The number of fused-ring (bicyclic) bond motifs is 1. The lowest BCUT2D eigenvalue weighted by Crippen LogP contribution is -2.42. The molecule has 0 saturated carbocycles. The van der Waals surface area contributed by atoms with Crippen molar-refractivity contribution < 1.29 is 19.0 Å². The zero-order chi connectivity index (χ0) is 20.8. The van der Waals surface area contributed by atoms with Crippen molar-refractivity contribution in [3.8, 4) is 11.5 Å². The van der Waals surface area contributed by atoms with Gasteiger partial charge in [0.15, 0.2) is 16.7 Å². The lowest BCUT2D eigenvalue weighted by molar-refractivity contribution is -0.135. The van der Waals surface area contributed by atoms with Gasteiger partial charge in [-0.05, 0) is 24.3 Å². The van der Waals surface area contributed by atoms with Crippen LogP contribution >= 0.6 is 11.8 Å². The highest BCUT2D eigenvalue weighted by atomic mass is 32.2. The summed E-state index contributed by atoms with van der Waals surface area (Å²) >= 11 is 1.58. The number of morpholine rings is 1. The van der Waals surface area contributed by atoms with Crippen LogP contribution in [-0.2, 0) is 16.1 Å². The molecule has 0 radical (unpaired) electrons. The van der Waals surface area contributed by atoms with Crippen LogP contribution in [0.4, 0.5) is 0 Å². The second kappa shape index (κ2) is 9.86. The highest BCUT2D eigenvalue weighted by molar-refractivity contribution is 7.99. The van der Waals surface area contributed by atoms with E-state index >= 15 is 0 Å². The van der Waals surface area contributed by atoms with Gasteiger partial charge < -0.3 is 23.7 Å². The van der Waals surface area contributed by atoms with E-state index in [9.17, 15) is 4.79 Å². The number of ether oxygens (including phenoxy) is 3. The maximum absolute atomic E-state index is 12.8. The Labute approximate surface area is 179 Å². The number of carbonyl (C=O) groups excluding carboxylic acids is 1. The Kier molecular flexibility index (Phi) is 6.76. The molecule has 1 amide bonds. The van der Waals surface area contributed by atoms with Crippen LogP contribution in [-0.4, -0.2) is 66.1 Å². The van der Waals surface area contributed by atoms with E-state index in [4.69, 9.17) is 19.2 Å². The molecule has 2 aromatic carbocycles. The van der Waals surface area contributed by atoms with Gasteiger partial charge in [0.1, 0.15) is 6.54 Å². The van der Waals surface area contributed by atoms with Gasteiger partial charge in [-0.15, -0.1) is 0 Å². The first kappa shape index (κ1) is 20.6. The van der Waals surface area contributed by atoms with Gasteiger partial charge in [-0.25, -0.2) is 4.98 Å². The number of hydrogen-bond acceptors (Lipinski definition) is 6. The second-order valence-corrected chi connectivity index (χ2v) is 7.87.